The Kier molecular flexibility index (Phi) is 6.00. The topological polar surface area (TPSA) is 42.8 Å². The average Bonchev–Trinajstić information content (AvgIpc) is 2.64. The van der Waals surface area contributed by atoms with Gasteiger partial charge in [-0.15, -0.1) is 0 Å². The third-order valence-electron chi connectivity index (χ3n) is 5.02. The quantitative estimate of drug-likeness (QED) is 0.691. The lowest BCUT2D eigenvalue weighted by Crippen LogP contribution is -3.08. The van der Waals surface area contributed by atoms with Crippen LogP contribution in [0.4, 0.5) is 5.69 Å². The van der Waals surface area contributed by atoms with E-state index in [1.54, 1.807) is 7.11 Å². The molecule has 1 amide bonds. The van der Waals surface area contributed by atoms with Crippen molar-refractivity contribution >= 4 is 22.4 Å². The van der Waals surface area contributed by atoms with Crippen LogP contribution >= 0.6 is 0 Å². The number of methoxy groups -OCH3 is 1. The van der Waals surface area contributed by atoms with E-state index in [9.17, 15) is 4.79 Å². The molecule has 0 aromatic heterocycles. The number of anilines is 1. The number of hydrogen-bond acceptors (Lipinski definition) is 2. The van der Waals surface area contributed by atoms with Crippen molar-refractivity contribution in [1.29, 1.82) is 0 Å². The fourth-order valence-corrected chi connectivity index (χ4v) is 3.76. The summed E-state index contributed by atoms with van der Waals surface area (Å²) in [7, 11) is 3.73. The first-order chi connectivity index (χ1) is 13.4. The van der Waals surface area contributed by atoms with Gasteiger partial charge in [0.25, 0.3) is 5.91 Å². The van der Waals surface area contributed by atoms with Gasteiger partial charge in [-0.2, -0.15) is 0 Å². The summed E-state index contributed by atoms with van der Waals surface area (Å²) in [5.41, 5.74) is 5.57. The molecule has 0 bridgehead atoms. The summed E-state index contributed by atoms with van der Waals surface area (Å²) < 4.78 is 5.28. The first kappa shape index (κ1) is 19.9. The number of hydrogen-bond donors (Lipinski definition) is 2. The Morgan fingerprint density at radius 1 is 0.964 bits per heavy atom. The maximum absolute atomic E-state index is 12.5. The van der Waals surface area contributed by atoms with Crippen molar-refractivity contribution in [2.24, 2.45) is 0 Å². The molecule has 146 valence electrons. The highest BCUT2D eigenvalue weighted by molar-refractivity contribution is 5.93. The first-order valence-electron chi connectivity index (χ1n) is 9.61. The maximum atomic E-state index is 12.5. The minimum Gasteiger partial charge on any atom is -0.497 e. The van der Waals surface area contributed by atoms with E-state index >= 15 is 0 Å². The Balaban J connectivity index is 1.64. The van der Waals surface area contributed by atoms with Gasteiger partial charge in [-0.05, 0) is 60.9 Å². The zero-order chi connectivity index (χ0) is 20.3. The van der Waals surface area contributed by atoms with Gasteiger partial charge < -0.3 is 15.0 Å². The van der Waals surface area contributed by atoms with E-state index in [4.69, 9.17) is 4.74 Å². The highest BCUT2D eigenvalue weighted by Crippen LogP contribution is 2.22. The van der Waals surface area contributed by atoms with Gasteiger partial charge in [-0.3, -0.25) is 4.79 Å². The highest BCUT2D eigenvalue weighted by atomic mass is 16.5. The largest absolute Gasteiger partial charge is 0.497 e. The number of carbonyl (C=O) groups excluding carboxylic acids is 1. The zero-order valence-electron chi connectivity index (χ0n) is 17.3. The van der Waals surface area contributed by atoms with Crippen LogP contribution in [0, 0.1) is 20.8 Å². The predicted molar refractivity (Wildman–Crippen MR) is 115 cm³/mol. The number of rotatable bonds is 6. The minimum absolute atomic E-state index is 0.0399. The van der Waals surface area contributed by atoms with Crippen LogP contribution in [0.5, 0.6) is 5.75 Å². The van der Waals surface area contributed by atoms with Crippen LogP contribution < -0.4 is 15.0 Å². The number of benzene rings is 3. The molecule has 0 aliphatic carbocycles. The second kappa shape index (κ2) is 8.44. The predicted octanol–water partition coefficient (Wildman–Crippen LogP) is 3.43. The summed E-state index contributed by atoms with van der Waals surface area (Å²) in [5, 5.41) is 5.43. The van der Waals surface area contributed by atoms with E-state index in [2.05, 4.69) is 48.6 Å². The van der Waals surface area contributed by atoms with Crippen molar-refractivity contribution < 1.29 is 14.4 Å². The van der Waals surface area contributed by atoms with Crippen LogP contribution in [0.3, 0.4) is 0 Å². The van der Waals surface area contributed by atoms with Crippen molar-refractivity contribution in [3.05, 3.63) is 70.8 Å². The van der Waals surface area contributed by atoms with Crippen molar-refractivity contribution in [2.45, 2.75) is 27.3 Å². The Morgan fingerprint density at radius 3 is 2.29 bits per heavy atom. The normalized spacial score (nSPS) is 12.0. The number of fused-ring (bicyclic) bond motifs is 1. The van der Waals surface area contributed by atoms with E-state index in [1.165, 1.54) is 16.5 Å². The van der Waals surface area contributed by atoms with Gasteiger partial charge in [0, 0.05) is 11.3 Å². The monoisotopic (exact) mass is 377 g/mol. The lowest BCUT2D eigenvalue weighted by molar-refractivity contribution is -0.885. The van der Waals surface area contributed by atoms with Gasteiger partial charge in [0.1, 0.15) is 12.3 Å². The van der Waals surface area contributed by atoms with Gasteiger partial charge in [0.2, 0.25) is 0 Å². The van der Waals surface area contributed by atoms with E-state index in [0.717, 1.165) is 39.4 Å². The van der Waals surface area contributed by atoms with Crippen molar-refractivity contribution in [3.63, 3.8) is 0 Å². The van der Waals surface area contributed by atoms with Gasteiger partial charge in [0.15, 0.2) is 6.54 Å². The first-order valence-corrected chi connectivity index (χ1v) is 9.61. The van der Waals surface area contributed by atoms with Gasteiger partial charge in [0.05, 0.1) is 14.2 Å². The van der Waals surface area contributed by atoms with Crippen LogP contribution in [-0.4, -0.2) is 26.6 Å². The lowest BCUT2D eigenvalue weighted by atomic mass is 10.1. The summed E-state index contributed by atoms with van der Waals surface area (Å²) in [5.74, 6) is 0.902. The van der Waals surface area contributed by atoms with Crippen LogP contribution in [0.2, 0.25) is 0 Å². The molecule has 3 rings (SSSR count). The maximum Gasteiger partial charge on any atom is 0.279 e. The van der Waals surface area contributed by atoms with Crippen molar-refractivity contribution in [3.8, 4) is 5.75 Å². The van der Waals surface area contributed by atoms with E-state index in [0.29, 0.717) is 6.54 Å². The fraction of sp³-hybridized carbons (Fsp3) is 0.292. The molecule has 0 saturated heterocycles. The molecule has 3 aromatic rings. The number of likely N-dealkylation sites (N-methyl/N-ethyl adjacent to an activating group) is 1. The second-order valence-corrected chi connectivity index (χ2v) is 7.68. The molecule has 0 spiro atoms. The van der Waals surface area contributed by atoms with Crippen LogP contribution in [-0.2, 0) is 11.3 Å². The number of carbonyl (C=O) groups is 1. The third kappa shape index (κ3) is 4.70. The van der Waals surface area contributed by atoms with Gasteiger partial charge in [-0.25, -0.2) is 0 Å². The molecule has 1 unspecified atom stereocenters. The summed E-state index contributed by atoms with van der Waals surface area (Å²) in [6, 6.07) is 16.7. The molecule has 4 nitrogen and oxygen atoms in total. The molecule has 0 aliphatic heterocycles. The van der Waals surface area contributed by atoms with Crippen molar-refractivity contribution in [1.82, 2.24) is 0 Å². The van der Waals surface area contributed by atoms with Gasteiger partial charge >= 0.3 is 0 Å². The molecule has 0 saturated carbocycles. The lowest BCUT2D eigenvalue weighted by Gasteiger charge is -2.16. The molecule has 0 heterocycles. The van der Waals surface area contributed by atoms with Crippen LogP contribution in [0.1, 0.15) is 22.3 Å². The summed E-state index contributed by atoms with van der Waals surface area (Å²) in [6.07, 6.45) is 0. The number of amides is 1. The highest BCUT2D eigenvalue weighted by Gasteiger charge is 2.14. The molecular formula is C24H29N2O2+. The smallest absolute Gasteiger partial charge is 0.279 e. The number of ether oxygens (including phenoxy) is 1. The second-order valence-electron chi connectivity index (χ2n) is 7.68. The minimum atomic E-state index is 0.0399. The van der Waals surface area contributed by atoms with Crippen LogP contribution in [0.15, 0.2) is 48.5 Å². The standard InChI is InChI=1S/C24H28N2O2/c1-16-10-17(2)24(18(3)11-16)25-23(27)15-26(4)14-19-6-7-21-13-22(28-5)9-8-20(21)12-19/h6-13H,14-15H2,1-5H3,(H,25,27)/p+1. The SMILES string of the molecule is COc1ccc2cc(C[NH+](C)CC(=O)Nc3c(C)cc(C)cc3C)ccc2c1. The van der Waals surface area contributed by atoms with Gasteiger partial charge in [-0.1, -0.05) is 35.9 Å². The zero-order valence-corrected chi connectivity index (χ0v) is 17.3. The van der Waals surface area contributed by atoms with Crippen molar-refractivity contribution in [2.75, 3.05) is 26.0 Å². The molecule has 0 fully saturated rings. The molecular weight excluding hydrogens is 348 g/mol. The molecule has 1 atom stereocenters. The Bertz CT molecular complexity index is 988. The molecule has 3 aromatic carbocycles. The Labute approximate surface area is 167 Å². The van der Waals surface area contributed by atoms with Crippen LogP contribution in [0.25, 0.3) is 10.8 Å². The molecule has 0 aliphatic rings. The molecule has 0 radical (unpaired) electrons. The molecule has 4 heteroatoms. The Hall–Kier alpha value is -2.85. The summed E-state index contributed by atoms with van der Waals surface area (Å²) >= 11 is 0. The average molecular weight is 378 g/mol. The Morgan fingerprint density at radius 2 is 1.61 bits per heavy atom. The number of quaternary nitrogens is 1. The van der Waals surface area contributed by atoms with E-state index in [-0.39, 0.29) is 5.91 Å². The summed E-state index contributed by atoms with van der Waals surface area (Å²) in [6.45, 7) is 7.37. The molecule has 2 N–H and O–H groups in total. The number of aryl methyl sites for hydroxylation is 3. The fourth-order valence-electron chi connectivity index (χ4n) is 3.76. The number of nitrogens with one attached hydrogen (secondary N) is 2. The third-order valence-corrected chi connectivity index (χ3v) is 5.02. The van der Waals surface area contributed by atoms with E-state index in [1.807, 2.05) is 33.0 Å². The molecule has 28 heavy (non-hydrogen) atoms. The van der Waals surface area contributed by atoms with E-state index < -0.39 is 0 Å². The summed E-state index contributed by atoms with van der Waals surface area (Å²) in [4.78, 5) is 13.7.